The third-order valence-electron chi connectivity index (χ3n) is 3.34. The number of hydrogen-bond donors (Lipinski definition) is 1. The van der Waals surface area contributed by atoms with E-state index in [2.05, 4.69) is 0 Å². The number of nitrogens with two attached hydrogens (primary N) is 1. The lowest BCUT2D eigenvalue weighted by Gasteiger charge is -2.23. The quantitative estimate of drug-likeness (QED) is 0.839. The predicted molar refractivity (Wildman–Crippen MR) is 70.4 cm³/mol. The largest absolute Gasteiger partial charge is 0.399 e. The zero-order valence-electron chi connectivity index (χ0n) is 9.96. The van der Waals surface area contributed by atoms with Gasteiger partial charge in [0.25, 0.3) is 0 Å². The molecule has 1 aliphatic carbocycles. The summed E-state index contributed by atoms with van der Waals surface area (Å²) >= 11 is 0. The third-order valence-corrected chi connectivity index (χ3v) is 5.63. The van der Waals surface area contributed by atoms with Crippen LogP contribution in [0.25, 0.3) is 0 Å². The summed E-state index contributed by atoms with van der Waals surface area (Å²) in [5.41, 5.74) is 6.89. The van der Waals surface area contributed by atoms with Crippen LogP contribution in [0.5, 0.6) is 0 Å². The fraction of sp³-hybridized carbons (Fsp3) is 0.500. The SMILES string of the molecule is CN(c1cccc(N)c1)S(=O)(=O)C1CCCC1. The van der Waals surface area contributed by atoms with E-state index in [4.69, 9.17) is 5.73 Å². The van der Waals surface area contributed by atoms with Crippen molar-refractivity contribution in [1.29, 1.82) is 0 Å². The van der Waals surface area contributed by atoms with Gasteiger partial charge in [0.15, 0.2) is 0 Å². The molecule has 1 aromatic rings. The smallest absolute Gasteiger partial charge is 0.237 e. The standard InChI is InChI=1S/C12H18N2O2S/c1-14(11-6-4-5-10(13)9-11)17(15,16)12-7-2-3-8-12/h4-6,9,12H,2-3,7-8,13H2,1H3. The summed E-state index contributed by atoms with van der Waals surface area (Å²) in [5.74, 6) is 0. The van der Waals surface area contributed by atoms with Gasteiger partial charge in [0.1, 0.15) is 0 Å². The molecule has 1 aliphatic rings. The first kappa shape index (κ1) is 12.2. The van der Waals surface area contributed by atoms with Gasteiger partial charge >= 0.3 is 0 Å². The van der Waals surface area contributed by atoms with Gasteiger partial charge in [-0.05, 0) is 31.0 Å². The van der Waals surface area contributed by atoms with E-state index in [0.29, 0.717) is 11.4 Å². The van der Waals surface area contributed by atoms with Crippen LogP contribution >= 0.6 is 0 Å². The molecule has 0 heterocycles. The van der Waals surface area contributed by atoms with E-state index < -0.39 is 10.0 Å². The van der Waals surface area contributed by atoms with Gasteiger partial charge in [-0.15, -0.1) is 0 Å². The molecule has 0 aromatic heterocycles. The van der Waals surface area contributed by atoms with Crippen LogP contribution in [-0.2, 0) is 10.0 Å². The Bertz CT molecular complexity index is 493. The highest BCUT2D eigenvalue weighted by atomic mass is 32.2. The van der Waals surface area contributed by atoms with E-state index in [-0.39, 0.29) is 5.25 Å². The summed E-state index contributed by atoms with van der Waals surface area (Å²) in [4.78, 5) is 0. The fourth-order valence-electron chi connectivity index (χ4n) is 2.28. The third kappa shape index (κ3) is 2.39. The Morgan fingerprint density at radius 2 is 1.94 bits per heavy atom. The molecule has 0 unspecified atom stereocenters. The molecular formula is C12H18N2O2S. The van der Waals surface area contributed by atoms with Gasteiger partial charge in [-0.25, -0.2) is 8.42 Å². The monoisotopic (exact) mass is 254 g/mol. The van der Waals surface area contributed by atoms with E-state index in [1.54, 1.807) is 31.3 Å². The van der Waals surface area contributed by atoms with Gasteiger partial charge in [0.2, 0.25) is 10.0 Å². The average molecular weight is 254 g/mol. The summed E-state index contributed by atoms with van der Waals surface area (Å²) in [6.07, 6.45) is 3.56. The second-order valence-electron chi connectivity index (χ2n) is 4.51. The van der Waals surface area contributed by atoms with E-state index in [1.165, 1.54) is 4.31 Å². The van der Waals surface area contributed by atoms with Crippen LogP contribution in [-0.4, -0.2) is 20.7 Å². The number of sulfonamides is 1. The van der Waals surface area contributed by atoms with Crippen molar-refractivity contribution in [3.8, 4) is 0 Å². The first-order valence-electron chi connectivity index (χ1n) is 5.85. The average Bonchev–Trinajstić information content (AvgIpc) is 2.82. The summed E-state index contributed by atoms with van der Waals surface area (Å²) in [7, 11) is -1.63. The van der Waals surface area contributed by atoms with Crippen molar-refractivity contribution in [2.75, 3.05) is 17.1 Å². The van der Waals surface area contributed by atoms with Crippen molar-refractivity contribution >= 4 is 21.4 Å². The van der Waals surface area contributed by atoms with Crippen molar-refractivity contribution in [2.24, 2.45) is 0 Å². The molecule has 0 saturated heterocycles. The Morgan fingerprint density at radius 1 is 1.29 bits per heavy atom. The van der Waals surface area contributed by atoms with Gasteiger partial charge in [0, 0.05) is 12.7 Å². The fourth-order valence-corrected chi connectivity index (χ4v) is 4.06. The number of nitrogen functional groups attached to an aromatic ring is 1. The van der Waals surface area contributed by atoms with Crippen LogP contribution in [0, 0.1) is 0 Å². The van der Waals surface area contributed by atoms with Crippen molar-refractivity contribution in [2.45, 2.75) is 30.9 Å². The molecule has 0 radical (unpaired) electrons. The lowest BCUT2D eigenvalue weighted by molar-refractivity contribution is 0.578. The van der Waals surface area contributed by atoms with Crippen molar-refractivity contribution in [3.63, 3.8) is 0 Å². The second kappa shape index (κ2) is 4.56. The van der Waals surface area contributed by atoms with E-state index >= 15 is 0 Å². The van der Waals surface area contributed by atoms with E-state index in [0.717, 1.165) is 25.7 Å². The molecule has 1 aromatic carbocycles. The molecular weight excluding hydrogens is 236 g/mol. The first-order chi connectivity index (χ1) is 8.01. The Balaban J connectivity index is 2.27. The van der Waals surface area contributed by atoms with Crippen LogP contribution in [0.2, 0.25) is 0 Å². The lowest BCUT2D eigenvalue weighted by atomic mass is 10.3. The zero-order valence-corrected chi connectivity index (χ0v) is 10.8. The minimum atomic E-state index is -3.23. The lowest BCUT2D eigenvalue weighted by Crippen LogP contribution is -2.34. The number of nitrogens with zero attached hydrogens (tertiary/aromatic N) is 1. The molecule has 1 fully saturated rings. The summed E-state index contributed by atoms with van der Waals surface area (Å²) in [6, 6.07) is 6.97. The summed E-state index contributed by atoms with van der Waals surface area (Å²) in [5, 5.41) is -0.228. The molecule has 94 valence electrons. The molecule has 1 saturated carbocycles. The molecule has 0 aliphatic heterocycles. The van der Waals surface area contributed by atoms with E-state index in [1.807, 2.05) is 0 Å². The Labute approximate surface area is 102 Å². The van der Waals surface area contributed by atoms with E-state index in [9.17, 15) is 8.42 Å². The van der Waals surface area contributed by atoms with Crippen molar-refractivity contribution < 1.29 is 8.42 Å². The summed E-state index contributed by atoms with van der Waals surface area (Å²) < 4.78 is 26.0. The minimum absolute atomic E-state index is 0.228. The molecule has 4 nitrogen and oxygen atoms in total. The maximum atomic E-state index is 12.3. The first-order valence-corrected chi connectivity index (χ1v) is 7.35. The highest BCUT2D eigenvalue weighted by Crippen LogP contribution is 2.29. The van der Waals surface area contributed by atoms with Gasteiger partial charge < -0.3 is 5.73 Å². The normalized spacial score (nSPS) is 17.2. The minimum Gasteiger partial charge on any atom is -0.399 e. The van der Waals surface area contributed by atoms with Gasteiger partial charge in [0.05, 0.1) is 10.9 Å². The van der Waals surface area contributed by atoms with Gasteiger partial charge in [-0.1, -0.05) is 18.9 Å². The van der Waals surface area contributed by atoms with Crippen LogP contribution in [0.4, 0.5) is 11.4 Å². The molecule has 0 bridgehead atoms. The molecule has 17 heavy (non-hydrogen) atoms. The number of benzene rings is 1. The van der Waals surface area contributed by atoms with Crippen molar-refractivity contribution in [3.05, 3.63) is 24.3 Å². The Kier molecular flexibility index (Phi) is 3.28. The molecule has 0 spiro atoms. The Hall–Kier alpha value is -1.23. The Morgan fingerprint density at radius 3 is 2.53 bits per heavy atom. The highest BCUT2D eigenvalue weighted by Gasteiger charge is 2.32. The van der Waals surface area contributed by atoms with Crippen molar-refractivity contribution in [1.82, 2.24) is 0 Å². The van der Waals surface area contributed by atoms with Crippen LogP contribution < -0.4 is 10.0 Å². The number of hydrogen-bond acceptors (Lipinski definition) is 3. The van der Waals surface area contributed by atoms with Gasteiger partial charge in [-0.3, -0.25) is 4.31 Å². The molecule has 0 atom stereocenters. The molecule has 2 N–H and O–H groups in total. The zero-order chi connectivity index (χ0) is 12.5. The second-order valence-corrected chi connectivity index (χ2v) is 6.76. The van der Waals surface area contributed by atoms with Gasteiger partial charge in [-0.2, -0.15) is 0 Å². The summed E-state index contributed by atoms with van der Waals surface area (Å²) in [6.45, 7) is 0. The number of rotatable bonds is 3. The molecule has 0 amide bonds. The highest BCUT2D eigenvalue weighted by molar-refractivity contribution is 7.93. The van der Waals surface area contributed by atoms with Crippen LogP contribution in [0.3, 0.4) is 0 Å². The molecule has 5 heteroatoms. The number of anilines is 2. The predicted octanol–water partition coefficient (Wildman–Crippen LogP) is 1.98. The van der Waals surface area contributed by atoms with Crippen LogP contribution in [0.1, 0.15) is 25.7 Å². The maximum Gasteiger partial charge on any atom is 0.237 e. The van der Waals surface area contributed by atoms with Crippen LogP contribution in [0.15, 0.2) is 24.3 Å². The molecule has 2 rings (SSSR count). The maximum absolute atomic E-state index is 12.3. The topological polar surface area (TPSA) is 63.4 Å².